The van der Waals surface area contributed by atoms with E-state index in [1.54, 1.807) is 13.3 Å². The highest BCUT2D eigenvalue weighted by Crippen LogP contribution is 2.38. The van der Waals surface area contributed by atoms with Crippen LogP contribution >= 0.6 is 0 Å². The standard InChI is InChI=1S/C23H32N6O/c1-4-5-6-11-19-16(2)25-15-26-22(19)20-14-29(28-23(20)27-17(3)30)21(12-13-24)18-9-7-8-10-18/h6,11,14-15,17-18,21,30H,4-5,7-10,12H2,1-3H3,(H,27,28)/b11-6-. The maximum atomic E-state index is 9.98. The van der Waals surface area contributed by atoms with E-state index in [1.807, 2.05) is 17.8 Å². The molecular formula is C23H32N6O. The SMILES string of the molecule is CCC/C=C\c1c(C)ncnc1-c1cn(C(CC#N)C2CCCC2)nc1NC(C)O. The van der Waals surface area contributed by atoms with E-state index in [9.17, 15) is 10.4 Å². The normalized spacial score (nSPS) is 16.6. The van der Waals surface area contributed by atoms with Gasteiger partial charge < -0.3 is 10.4 Å². The number of hydrogen-bond donors (Lipinski definition) is 2. The van der Waals surface area contributed by atoms with Crippen molar-refractivity contribution in [3.63, 3.8) is 0 Å². The number of aliphatic hydroxyl groups excluding tert-OH is 1. The molecule has 0 bridgehead atoms. The van der Waals surface area contributed by atoms with E-state index in [4.69, 9.17) is 5.10 Å². The molecule has 2 heterocycles. The van der Waals surface area contributed by atoms with Gasteiger partial charge in [0.15, 0.2) is 5.82 Å². The summed E-state index contributed by atoms with van der Waals surface area (Å²) < 4.78 is 1.91. The van der Waals surface area contributed by atoms with Gasteiger partial charge in [-0.25, -0.2) is 9.97 Å². The Kier molecular flexibility index (Phi) is 7.58. The summed E-state index contributed by atoms with van der Waals surface area (Å²) in [6, 6.07) is 2.37. The number of aryl methyl sites for hydroxylation is 1. The van der Waals surface area contributed by atoms with Crippen molar-refractivity contribution in [3.05, 3.63) is 29.9 Å². The van der Waals surface area contributed by atoms with Crippen LogP contribution in [0, 0.1) is 24.2 Å². The summed E-state index contributed by atoms with van der Waals surface area (Å²) in [5, 5.41) is 27.2. The van der Waals surface area contributed by atoms with Gasteiger partial charge in [0.05, 0.1) is 29.8 Å². The van der Waals surface area contributed by atoms with Gasteiger partial charge in [-0.15, -0.1) is 0 Å². The Morgan fingerprint density at radius 1 is 1.37 bits per heavy atom. The largest absolute Gasteiger partial charge is 0.374 e. The van der Waals surface area contributed by atoms with Gasteiger partial charge in [-0.2, -0.15) is 10.4 Å². The summed E-state index contributed by atoms with van der Waals surface area (Å²) in [6.45, 7) is 5.78. The first-order valence-electron chi connectivity index (χ1n) is 10.9. The number of hydrogen-bond acceptors (Lipinski definition) is 6. The van der Waals surface area contributed by atoms with Gasteiger partial charge in [-0.05, 0) is 39.0 Å². The van der Waals surface area contributed by atoms with Gasteiger partial charge in [-0.3, -0.25) is 4.68 Å². The fourth-order valence-corrected chi connectivity index (χ4v) is 4.22. The molecule has 160 valence electrons. The zero-order chi connectivity index (χ0) is 21.5. The summed E-state index contributed by atoms with van der Waals surface area (Å²) in [5.74, 6) is 1.03. The monoisotopic (exact) mass is 408 g/mol. The molecular weight excluding hydrogens is 376 g/mol. The van der Waals surface area contributed by atoms with Crippen LogP contribution < -0.4 is 5.32 Å². The number of aliphatic hydroxyl groups is 1. The Balaban J connectivity index is 2.08. The van der Waals surface area contributed by atoms with Crippen LogP contribution in [0.25, 0.3) is 17.3 Å². The van der Waals surface area contributed by atoms with Crippen molar-refractivity contribution in [1.82, 2.24) is 19.7 Å². The van der Waals surface area contributed by atoms with Crippen LogP contribution in [-0.4, -0.2) is 31.1 Å². The number of nitrogens with zero attached hydrogens (tertiary/aromatic N) is 5. The number of nitriles is 1. The van der Waals surface area contributed by atoms with E-state index in [1.165, 1.54) is 12.8 Å². The number of allylic oxidation sites excluding steroid dienone is 1. The minimum atomic E-state index is -0.755. The van der Waals surface area contributed by atoms with E-state index in [0.717, 1.165) is 48.2 Å². The molecule has 0 amide bonds. The van der Waals surface area contributed by atoms with Crippen molar-refractivity contribution < 1.29 is 5.11 Å². The van der Waals surface area contributed by atoms with Crippen LogP contribution in [0.3, 0.4) is 0 Å². The third-order valence-electron chi connectivity index (χ3n) is 5.74. The molecule has 2 N–H and O–H groups in total. The topological polar surface area (TPSA) is 99.7 Å². The maximum Gasteiger partial charge on any atom is 0.159 e. The van der Waals surface area contributed by atoms with Gasteiger partial charge in [0.2, 0.25) is 0 Å². The van der Waals surface area contributed by atoms with Gasteiger partial charge in [-0.1, -0.05) is 38.3 Å². The van der Waals surface area contributed by atoms with Crippen molar-refractivity contribution >= 4 is 11.9 Å². The molecule has 0 saturated heterocycles. The Morgan fingerprint density at radius 2 is 2.13 bits per heavy atom. The number of anilines is 1. The summed E-state index contributed by atoms with van der Waals surface area (Å²) in [6.07, 6.45) is 14.1. The number of nitrogens with one attached hydrogen (secondary N) is 1. The highest BCUT2D eigenvalue weighted by Gasteiger charge is 2.29. The predicted octanol–water partition coefficient (Wildman–Crippen LogP) is 4.86. The molecule has 1 fully saturated rings. The number of unbranched alkanes of at least 4 members (excludes halogenated alkanes) is 1. The first-order valence-corrected chi connectivity index (χ1v) is 10.9. The second-order valence-electron chi connectivity index (χ2n) is 8.08. The van der Waals surface area contributed by atoms with E-state index < -0.39 is 6.23 Å². The number of aromatic nitrogens is 4. The maximum absolute atomic E-state index is 9.98. The molecule has 1 aliphatic carbocycles. The quantitative estimate of drug-likeness (QED) is 0.575. The van der Waals surface area contributed by atoms with Gasteiger partial charge in [0.25, 0.3) is 0 Å². The minimum Gasteiger partial charge on any atom is -0.374 e. The molecule has 1 aliphatic rings. The van der Waals surface area contributed by atoms with Crippen LogP contribution in [0.5, 0.6) is 0 Å². The zero-order valence-electron chi connectivity index (χ0n) is 18.2. The molecule has 7 heteroatoms. The fraction of sp³-hybridized carbons (Fsp3) is 0.565. The molecule has 7 nitrogen and oxygen atoms in total. The van der Waals surface area contributed by atoms with Crippen molar-refractivity contribution in [2.45, 2.75) is 78.0 Å². The third kappa shape index (κ3) is 5.06. The van der Waals surface area contributed by atoms with E-state index in [2.05, 4.69) is 40.4 Å². The molecule has 2 aromatic rings. The fourth-order valence-electron chi connectivity index (χ4n) is 4.22. The summed E-state index contributed by atoms with van der Waals surface area (Å²) in [4.78, 5) is 8.94. The van der Waals surface area contributed by atoms with E-state index in [-0.39, 0.29) is 6.04 Å². The van der Waals surface area contributed by atoms with Crippen LogP contribution in [0.1, 0.15) is 76.1 Å². The van der Waals surface area contributed by atoms with Crippen LogP contribution in [0.2, 0.25) is 0 Å². The lowest BCUT2D eigenvalue weighted by Crippen LogP contribution is -2.19. The smallest absolute Gasteiger partial charge is 0.159 e. The second-order valence-corrected chi connectivity index (χ2v) is 8.08. The lowest BCUT2D eigenvalue weighted by Gasteiger charge is -2.21. The summed E-state index contributed by atoms with van der Waals surface area (Å²) >= 11 is 0. The molecule has 0 radical (unpaired) electrons. The molecule has 0 aromatic carbocycles. The van der Waals surface area contributed by atoms with Crippen LogP contribution in [0.15, 0.2) is 18.6 Å². The summed E-state index contributed by atoms with van der Waals surface area (Å²) in [7, 11) is 0. The van der Waals surface area contributed by atoms with Crippen molar-refractivity contribution in [1.29, 1.82) is 5.26 Å². The van der Waals surface area contributed by atoms with Gasteiger partial charge in [0, 0.05) is 17.5 Å². The molecule has 0 spiro atoms. The second kappa shape index (κ2) is 10.4. The van der Waals surface area contributed by atoms with Gasteiger partial charge in [0.1, 0.15) is 12.6 Å². The van der Waals surface area contributed by atoms with Crippen LogP contribution in [0.4, 0.5) is 5.82 Å². The molecule has 2 unspecified atom stereocenters. The molecule has 1 saturated carbocycles. The van der Waals surface area contributed by atoms with Crippen molar-refractivity contribution in [2.24, 2.45) is 5.92 Å². The average Bonchev–Trinajstić information content (AvgIpc) is 3.37. The van der Waals surface area contributed by atoms with E-state index in [0.29, 0.717) is 18.2 Å². The highest BCUT2D eigenvalue weighted by atomic mass is 16.3. The highest BCUT2D eigenvalue weighted by molar-refractivity contribution is 5.79. The Hall–Kier alpha value is -2.72. The van der Waals surface area contributed by atoms with Gasteiger partial charge >= 0.3 is 0 Å². The van der Waals surface area contributed by atoms with E-state index >= 15 is 0 Å². The Labute approximate surface area is 178 Å². The molecule has 2 aromatic heterocycles. The molecule has 0 aliphatic heterocycles. The van der Waals surface area contributed by atoms with Crippen molar-refractivity contribution in [3.8, 4) is 17.3 Å². The lowest BCUT2D eigenvalue weighted by molar-refractivity contribution is 0.223. The minimum absolute atomic E-state index is 0.0304. The first kappa shape index (κ1) is 22.0. The zero-order valence-corrected chi connectivity index (χ0v) is 18.2. The Bertz CT molecular complexity index is 905. The number of rotatable bonds is 9. The predicted molar refractivity (Wildman–Crippen MR) is 118 cm³/mol. The first-order chi connectivity index (χ1) is 14.5. The van der Waals surface area contributed by atoms with Crippen LogP contribution in [-0.2, 0) is 0 Å². The summed E-state index contributed by atoms with van der Waals surface area (Å²) in [5.41, 5.74) is 3.45. The lowest BCUT2D eigenvalue weighted by atomic mass is 9.96. The Morgan fingerprint density at radius 3 is 2.80 bits per heavy atom. The third-order valence-corrected chi connectivity index (χ3v) is 5.74. The molecule has 30 heavy (non-hydrogen) atoms. The molecule has 3 rings (SSSR count). The van der Waals surface area contributed by atoms with Crippen molar-refractivity contribution in [2.75, 3.05) is 5.32 Å². The molecule has 2 atom stereocenters. The average molecular weight is 409 g/mol.